The molecule has 0 atom stereocenters. The fraction of sp³-hybridized carbons (Fsp3) is 0.240. The smallest absolute Gasteiger partial charge is 0.494 e. The number of aromatic nitrogens is 2. The van der Waals surface area contributed by atoms with Crippen LogP contribution in [0.4, 0.5) is 13.2 Å². The van der Waals surface area contributed by atoms with Gasteiger partial charge in [-0.05, 0) is 67.5 Å². The minimum atomic E-state index is -4.73. The van der Waals surface area contributed by atoms with Crippen molar-refractivity contribution in [3.8, 4) is 22.8 Å². The van der Waals surface area contributed by atoms with Gasteiger partial charge >= 0.3 is 6.36 Å². The molecular formula is C25H24F3N3O2. The molecule has 0 fully saturated rings. The van der Waals surface area contributed by atoms with E-state index >= 15 is 0 Å². The van der Waals surface area contributed by atoms with Crippen molar-refractivity contribution < 1.29 is 23.0 Å². The van der Waals surface area contributed by atoms with Crippen molar-refractivity contribution in [2.45, 2.75) is 26.4 Å². The second-order valence-electron chi connectivity index (χ2n) is 8.35. The van der Waals surface area contributed by atoms with Crippen LogP contribution in [-0.2, 0) is 13.1 Å². The lowest BCUT2D eigenvalue weighted by atomic mass is 10.00. The van der Waals surface area contributed by atoms with Crippen molar-refractivity contribution in [3.05, 3.63) is 77.7 Å². The highest BCUT2D eigenvalue weighted by Gasteiger charge is 2.31. The van der Waals surface area contributed by atoms with Crippen molar-refractivity contribution in [2.24, 2.45) is 0 Å². The van der Waals surface area contributed by atoms with E-state index in [1.165, 1.54) is 12.1 Å². The molecule has 2 aromatic carbocycles. The van der Waals surface area contributed by atoms with Gasteiger partial charge < -0.3 is 19.3 Å². The Kier molecular flexibility index (Phi) is 6.03. The zero-order chi connectivity index (χ0) is 23.8. The summed E-state index contributed by atoms with van der Waals surface area (Å²) in [5, 5.41) is 12.4. The van der Waals surface area contributed by atoms with Crippen LogP contribution in [0.1, 0.15) is 16.7 Å². The SMILES string of the molecule is Cc1cc(-c2cncc(CN(C)C)c2)cc2cn(Cc3ccc(OC(F)(F)F)cc3)c(O)c12. The van der Waals surface area contributed by atoms with Crippen LogP contribution in [0.2, 0.25) is 0 Å². The summed E-state index contributed by atoms with van der Waals surface area (Å²) in [4.78, 5) is 6.45. The zero-order valence-corrected chi connectivity index (χ0v) is 18.5. The molecule has 0 spiro atoms. The molecule has 2 heterocycles. The molecule has 4 aromatic rings. The van der Waals surface area contributed by atoms with Crippen LogP contribution in [0.15, 0.2) is 61.1 Å². The number of pyridine rings is 1. The van der Waals surface area contributed by atoms with Gasteiger partial charge in [-0.1, -0.05) is 18.2 Å². The number of hydrogen-bond donors (Lipinski definition) is 1. The van der Waals surface area contributed by atoms with Gasteiger partial charge in [0.1, 0.15) is 5.75 Å². The molecule has 2 aromatic heterocycles. The van der Waals surface area contributed by atoms with Crippen LogP contribution in [0.5, 0.6) is 11.6 Å². The summed E-state index contributed by atoms with van der Waals surface area (Å²) in [6.07, 6.45) is 0.788. The van der Waals surface area contributed by atoms with Gasteiger partial charge in [-0.15, -0.1) is 13.2 Å². The van der Waals surface area contributed by atoms with Crippen molar-refractivity contribution in [1.82, 2.24) is 14.5 Å². The predicted molar refractivity (Wildman–Crippen MR) is 121 cm³/mol. The Bertz CT molecular complexity index is 1280. The normalized spacial score (nSPS) is 12.0. The largest absolute Gasteiger partial charge is 0.573 e. The minimum Gasteiger partial charge on any atom is -0.494 e. The quantitative estimate of drug-likeness (QED) is 0.404. The molecule has 33 heavy (non-hydrogen) atoms. The van der Waals surface area contributed by atoms with Gasteiger partial charge in [0, 0.05) is 41.5 Å². The molecule has 0 saturated carbocycles. The third-order valence-corrected chi connectivity index (χ3v) is 5.29. The lowest BCUT2D eigenvalue weighted by Crippen LogP contribution is -2.17. The summed E-state index contributed by atoms with van der Waals surface area (Å²) in [6.45, 7) is 3.03. The summed E-state index contributed by atoms with van der Waals surface area (Å²) in [5.74, 6) is -0.164. The molecule has 0 saturated heterocycles. The van der Waals surface area contributed by atoms with E-state index in [1.807, 2.05) is 51.7 Å². The molecule has 1 N–H and O–H groups in total. The molecule has 172 valence electrons. The third-order valence-electron chi connectivity index (χ3n) is 5.29. The summed E-state index contributed by atoms with van der Waals surface area (Å²) in [6, 6.07) is 11.8. The number of rotatable bonds is 6. The molecule has 0 aliphatic heterocycles. The third kappa shape index (κ3) is 5.28. The summed E-state index contributed by atoms with van der Waals surface area (Å²) in [7, 11) is 4.01. The van der Waals surface area contributed by atoms with Gasteiger partial charge in [-0.2, -0.15) is 0 Å². The molecule has 4 rings (SSSR count). The van der Waals surface area contributed by atoms with Gasteiger partial charge in [0.15, 0.2) is 5.88 Å². The van der Waals surface area contributed by atoms with Crippen LogP contribution >= 0.6 is 0 Å². The minimum absolute atomic E-state index is 0.115. The number of benzene rings is 2. The first kappa shape index (κ1) is 22.7. The lowest BCUT2D eigenvalue weighted by Gasteiger charge is -2.11. The molecule has 8 heteroatoms. The second kappa shape index (κ2) is 8.78. The van der Waals surface area contributed by atoms with E-state index in [9.17, 15) is 18.3 Å². The highest BCUT2D eigenvalue weighted by Crippen LogP contribution is 2.35. The van der Waals surface area contributed by atoms with E-state index in [4.69, 9.17) is 0 Å². The topological polar surface area (TPSA) is 50.5 Å². The number of aromatic hydroxyl groups is 1. The van der Waals surface area contributed by atoms with E-state index in [0.717, 1.165) is 45.1 Å². The Hall–Kier alpha value is -3.52. The van der Waals surface area contributed by atoms with Gasteiger partial charge in [0.25, 0.3) is 0 Å². The molecular weight excluding hydrogens is 431 g/mol. The number of ether oxygens (including phenoxy) is 1. The zero-order valence-electron chi connectivity index (χ0n) is 18.5. The second-order valence-corrected chi connectivity index (χ2v) is 8.35. The number of alkyl halides is 3. The summed E-state index contributed by atoms with van der Waals surface area (Å²) in [5.41, 5.74) is 4.75. The Morgan fingerprint density at radius 3 is 2.39 bits per heavy atom. The van der Waals surface area contributed by atoms with Crippen LogP contribution in [-0.4, -0.2) is 40.0 Å². The first-order chi connectivity index (χ1) is 15.6. The number of hydrogen-bond acceptors (Lipinski definition) is 4. The lowest BCUT2D eigenvalue weighted by molar-refractivity contribution is -0.274. The molecule has 0 aliphatic carbocycles. The maximum Gasteiger partial charge on any atom is 0.573 e. The van der Waals surface area contributed by atoms with Crippen LogP contribution < -0.4 is 4.74 Å². The highest BCUT2D eigenvalue weighted by atomic mass is 19.4. The maximum absolute atomic E-state index is 12.4. The number of halogens is 3. The molecule has 5 nitrogen and oxygen atoms in total. The monoisotopic (exact) mass is 455 g/mol. The predicted octanol–water partition coefficient (Wildman–Crippen LogP) is 5.73. The molecule has 0 aliphatic rings. The van der Waals surface area contributed by atoms with Crippen LogP contribution in [0.25, 0.3) is 21.9 Å². The van der Waals surface area contributed by atoms with E-state index in [0.29, 0.717) is 6.54 Å². The Morgan fingerprint density at radius 2 is 1.73 bits per heavy atom. The average Bonchev–Trinajstić information content (AvgIpc) is 3.04. The summed E-state index contributed by atoms with van der Waals surface area (Å²) >= 11 is 0. The number of nitrogens with zero attached hydrogens (tertiary/aromatic N) is 3. The Balaban J connectivity index is 1.63. The van der Waals surface area contributed by atoms with Gasteiger partial charge in [-0.25, -0.2) is 0 Å². The van der Waals surface area contributed by atoms with Gasteiger partial charge in [0.05, 0.1) is 6.54 Å². The first-order valence-corrected chi connectivity index (χ1v) is 10.4. The van der Waals surface area contributed by atoms with Crippen molar-refractivity contribution in [1.29, 1.82) is 0 Å². The van der Waals surface area contributed by atoms with Crippen molar-refractivity contribution >= 4 is 10.8 Å². The van der Waals surface area contributed by atoms with E-state index < -0.39 is 6.36 Å². The van der Waals surface area contributed by atoms with E-state index in [-0.39, 0.29) is 11.6 Å². The molecule has 0 radical (unpaired) electrons. The van der Waals surface area contributed by atoms with E-state index in [2.05, 4.69) is 20.7 Å². The molecule has 0 bridgehead atoms. The number of fused-ring (bicyclic) bond motifs is 1. The van der Waals surface area contributed by atoms with Crippen molar-refractivity contribution in [3.63, 3.8) is 0 Å². The van der Waals surface area contributed by atoms with Crippen LogP contribution in [0.3, 0.4) is 0 Å². The standard InChI is InChI=1S/C25H24F3N3O2/c1-16-8-19(20-9-18(11-29-12-20)13-30(2)3)10-21-15-31(24(32)23(16)21)14-17-4-6-22(7-5-17)33-25(26,27)28/h4-12,15,32H,13-14H2,1-3H3. The van der Waals surface area contributed by atoms with Crippen molar-refractivity contribution in [2.75, 3.05) is 14.1 Å². The molecule has 0 unspecified atom stereocenters. The van der Waals surface area contributed by atoms with Gasteiger partial charge in [-0.3, -0.25) is 4.98 Å². The Labute approximate surface area is 189 Å². The van der Waals surface area contributed by atoms with Gasteiger partial charge in [0.2, 0.25) is 0 Å². The summed E-state index contributed by atoms with van der Waals surface area (Å²) < 4.78 is 42.7. The highest BCUT2D eigenvalue weighted by molar-refractivity contribution is 5.94. The van der Waals surface area contributed by atoms with E-state index in [1.54, 1.807) is 16.7 Å². The number of aryl methyl sites for hydroxylation is 1. The van der Waals surface area contributed by atoms with Crippen LogP contribution in [0, 0.1) is 6.92 Å². The average molecular weight is 455 g/mol. The Morgan fingerprint density at radius 1 is 1.00 bits per heavy atom. The maximum atomic E-state index is 12.4. The first-order valence-electron chi connectivity index (χ1n) is 10.4. The fourth-order valence-electron chi connectivity index (χ4n) is 3.97. The fourth-order valence-corrected chi connectivity index (χ4v) is 3.97. The molecule has 0 amide bonds.